The van der Waals surface area contributed by atoms with Crippen molar-refractivity contribution in [3.05, 3.63) is 5.69 Å². The average molecular weight is 234 g/mol. The molecule has 0 spiro atoms. The van der Waals surface area contributed by atoms with E-state index in [9.17, 15) is 0 Å². The van der Waals surface area contributed by atoms with E-state index in [0.717, 1.165) is 30.3 Å². The first-order valence-electron chi connectivity index (χ1n) is 6.80. The molecule has 2 bridgehead atoms. The van der Waals surface area contributed by atoms with E-state index in [0.29, 0.717) is 6.04 Å². The minimum atomic E-state index is 0.717. The molecule has 4 heteroatoms. The summed E-state index contributed by atoms with van der Waals surface area (Å²) in [6, 6.07) is 0.717. The second-order valence-electron chi connectivity index (χ2n) is 5.53. The molecule has 94 valence electrons. The van der Waals surface area contributed by atoms with E-state index in [2.05, 4.69) is 21.6 Å². The first-order chi connectivity index (χ1) is 8.20. The number of fused-ring (bicyclic) bond motifs is 2. The molecule has 0 radical (unpaired) electrons. The lowest BCUT2D eigenvalue weighted by molar-refractivity contribution is 0.525. The Morgan fingerprint density at radius 2 is 2.24 bits per heavy atom. The lowest BCUT2D eigenvalue weighted by Crippen LogP contribution is -2.34. The summed E-state index contributed by atoms with van der Waals surface area (Å²) in [6.07, 6.45) is 5.20. The van der Waals surface area contributed by atoms with Gasteiger partial charge in [0.05, 0.1) is 11.4 Å². The van der Waals surface area contributed by atoms with Crippen molar-refractivity contribution in [3.8, 4) is 0 Å². The molecule has 0 amide bonds. The first kappa shape index (κ1) is 10.9. The van der Waals surface area contributed by atoms with Crippen LogP contribution in [0.25, 0.3) is 0 Å². The maximum Gasteiger partial charge on any atom is 0.150 e. The van der Waals surface area contributed by atoms with E-state index in [4.69, 9.17) is 5.73 Å². The van der Waals surface area contributed by atoms with Gasteiger partial charge in [-0.15, -0.1) is 0 Å². The number of hydrogen-bond donors (Lipinski definition) is 1. The van der Waals surface area contributed by atoms with E-state index < -0.39 is 0 Å². The minimum Gasteiger partial charge on any atom is -0.394 e. The fourth-order valence-electron chi connectivity index (χ4n) is 3.44. The number of nitrogen functional groups attached to an aromatic ring is 1. The highest BCUT2D eigenvalue weighted by atomic mass is 15.4. The Morgan fingerprint density at radius 3 is 2.82 bits per heavy atom. The van der Waals surface area contributed by atoms with Gasteiger partial charge < -0.3 is 10.6 Å². The molecule has 1 aliphatic heterocycles. The third kappa shape index (κ3) is 1.61. The van der Waals surface area contributed by atoms with Gasteiger partial charge in [0.25, 0.3) is 0 Å². The molecule has 2 heterocycles. The quantitative estimate of drug-likeness (QED) is 0.872. The van der Waals surface area contributed by atoms with Crippen LogP contribution in [0.1, 0.15) is 38.3 Å². The molecule has 2 N–H and O–H groups in total. The molecular formula is C13H22N4. The molecule has 2 aliphatic rings. The van der Waals surface area contributed by atoms with E-state index in [1.165, 1.54) is 31.6 Å². The van der Waals surface area contributed by atoms with Gasteiger partial charge in [-0.05, 0) is 38.5 Å². The van der Waals surface area contributed by atoms with E-state index in [-0.39, 0.29) is 0 Å². The van der Waals surface area contributed by atoms with Crippen LogP contribution in [-0.2, 0) is 6.54 Å². The molecule has 2 unspecified atom stereocenters. The Hall–Kier alpha value is -1.19. The van der Waals surface area contributed by atoms with Crippen LogP contribution in [0.4, 0.5) is 11.5 Å². The Kier molecular flexibility index (Phi) is 2.53. The molecule has 2 fully saturated rings. The first-order valence-corrected chi connectivity index (χ1v) is 6.80. The summed E-state index contributed by atoms with van der Waals surface area (Å²) in [5.41, 5.74) is 8.10. The van der Waals surface area contributed by atoms with Crippen LogP contribution < -0.4 is 10.6 Å². The van der Waals surface area contributed by atoms with Gasteiger partial charge in [0.2, 0.25) is 0 Å². The highest BCUT2D eigenvalue weighted by Crippen LogP contribution is 2.42. The smallest absolute Gasteiger partial charge is 0.150 e. The minimum absolute atomic E-state index is 0.717. The summed E-state index contributed by atoms with van der Waals surface area (Å²) in [6.45, 7) is 6.36. The molecule has 3 rings (SSSR count). The summed E-state index contributed by atoms with van der Waals surface area (Å²) in [5, 5.41) is 4.58. The third-order valence-corrected chi connectivity index (χ3v) is 4.26. The summed E-state index contributed by atoms with van der Waals surface area (Å²) in [7, 11) is 0. The van der Waals surface area contributed by atoms with Crippen LogP contribution in [0, 0.1) is 12.8 Å². The second-order valence-corrected chi connectivity index (χ2v) is 5.53. The Balaban J connectivity index is 1.96. The second kappa shape index (κ2) is 3.93. The van der Waals surface area contributed by atoms with Crippen LogP contribution in [0.2, 0.25) is 0 Å². The molecule has 4 nitrogen and oxygen atoms in total. The number of piperidine rings is 1. The van der Waals surface area contributed by atoms with Crippen molar-refractivity contribution in [2.45, 2.75) is 52.1 Å². The van der Waals surface area contributed by atoms with Crippen molar-refractivity contribution in [1.29, 1.82) is 0 Å². The van der Waals surface area contributed by atoms with E-state index >= 15 is 0 Å². The van der Waals surface area contributed by atoms with Crippen molar-refractivity contribution < 1.29 is 0 Å². The van der Waals surface area contributed by atoms with Crippen molar-refractivity contribution in [3.63, 3.8) is 0 Å². The highest BCUT2D eigenvalue weighted by Gasteiger charge is 2.40. The van der Waals surface area contributed by atoms with Gasteiger partial charge in [0, 0.05) is 19.1 Å². The van der Waals surface area contributed by atoms with Gasteiger partial charge >= 0.3 is 0 Å². The van der Waals surface area contributed by atoms with Gasteiger partial charge in [-0.25, -0.2) is 4.68 Å². The Labute approximate surface area is 103 Å². The van der Waals surface area contributed by atoms with Crippen molar-refractivity contribution >= 4 is 11.5 Å². The van der Waals surface area contributed by atoms with Crippen molar-refractivity contribution in [2.75, 3.05) is 17.2 Å². The fourth-order valence-corrected chi connectivity index (χ4v) is 3.44. The van der Waals surface area contributed by atoms with E-state index in [1.54, 1.807) is 0 Å². The number of anilines is 2. The number of rotatable bonds is 3. The predicted octanol–water partition coefficient (Wildman–Crippen LogP) is 2.17. The maximum absolute atomic E-state index is 6.22. The number of nitrogens with zero attached hydrogens (tertiary/aromatic N) is 3. The number of aromatic nitrogens is 2. The van der Waals surface area contributed by atoms with Gasteiger partial charge in [-0.3, -0.25) is 0 Å². The summed E-state index contributed by atoms with van der Waals surface area (Å²) >= 11 is 0. The largest absolute Gasteiger partial charge is 0.394 e. The predicted molar refractivity (Wildman–Crippen MR) is 70.1 cm³/mol. The molecular weight excluding hydrogens is 212 g/mol. The Morgan fingerprint density at radius 1 is 1.41 bits per heavy atom. The average Bonchev–Trinajstić information content (AvgIpc) is 2.96. The monoisotopic (exact) mass is 234 g/mol. The number of hydrogen-bond acceptors (Lipinski definition) is 3. The van der Waals surface area contributed by atoms with Gasteiger partial charge in [0.1, 0.15) is 0 Å². The lowest BCUT2D eigenvalue weighted by atomic mass is 10.1. The number of nitrogens with two attached hydrogens (primary N) is 1. The number of aryl methyl sites for hydroxylation is 2. The SMILES string of the molecule is CCCn1nc(C)c(N)c1N1CC2CCC1C2. The van der Waals surface area contributed by atoms with Gasteiger partial charge in [0.15, 0.2) is 5.82 Å². The Bertz CT molecular complexity index is 423. The van der Waals surface area contributed by atoms with Crippen LogP contribution in [0.3, 0.4) is 0 Å². The maximum atomic E-state index is 6.22. The third-order valence-electron chi connectivity index (χ3n) is 4.26. The molecule has 17 heavy (non-hydrogen) atoms. The normalized spacial score (nSPS) is 27.1. The van der Waals surface area contributed by atoms with Crippen molar-refractivity contribution in [1.82, 2.24) is 9.78 Å². The van der Waals surface area contributed by atoms with Gasteiger partial charge in [-0.2, -0.15) is 5.10 Å². The zero-order valence-electron chi connectivity index (χ0n) is 10.8. The molecule has 1 saturated carbocycles. The van der Waals surface area contributed by atoms with Crippen LogP contribution >= 0.6 is 0 Å². The summed E-state index contributed by atoms with van der Waals surface area (Å²) in [4.78, 5) is 2.51. The zero-order chi connectivity index (χ0) is 12.0. The topological polar surface area (TPSA) is 47.1 Å². The molecule has 2 atom stereocenters. The lowest BCUT2D eigenvalue weighted by Gasteiger charge is -2.29. The molecule has 0 aromatic carbocycles. The van der Waals surface area contributed by atoms with Crippen LogP contribution in [-0.4, -0.2) is 22.4 Å². The molecule has 1 aliphatic carbocycles. The van der Waals surface area contributed by atoms with Gasteiger partial charge in [-0.1, -0.05) is 6.92 Å². The summed E-state index contributed by atoms with van der Waals surface area (Å²) < 4.78 is 2.12. The van der Waals surface area contributed by atoms with E-state index in [1.807, 2.05) is 6.92 Å². The molecule has 1 saturated heterocycles. The molecule has 1 aromatic rings. The van der Waals surface area contributed by atoms with Crippen molar-refractivity contribution in [2.24, 2.45) is 5.92 Å². The van der Waals surface area contributed by atoms with Crippen LogP contribution in [0.5, 0.6) is 0 Å². The highest BCUT2D eigenvalue weighted by molar-refractivity contribution is 5.67. The standard InChI is InChI=1S/C13H22N4/c1-3-6-17-13(12(14)9(2)15-17)16-8-10-4-5-11(16)7-10/h10-11H,3-8,14H2,1-2H3. The molecule has 1 aromatic heterocycles. The van der Waals surface area contributed by atoms with Crippen LogP contribution in [0.15, 0.2) is 0 Å². The zero-order valence-corrected chi connectivity index (χ0v) is 10.8. The fraction of sp³-hybridized carbons (Fsp3) is 0.769. The summed E-state index contributed by atoms with van der Waals surface area (Å²) in [5.74, 6) is 2.08.